The Bertz CT molecular complexity index is 3510. The number of para-hydroxylation sites is 1. The summed E-state index contributed by atoms with van der Waals surface area (Å²) in [6.45, 7) is 2.03. The van der Waals surface area contributed by atoms with Crippen LogP contribution in [0, 0.1) is 17.0 Å². The van der Waals surface area contributed by atoms with E-state index in [0.717, 1.165) is 40.6 Å². The lowest BCUT2D eigenvalue weighted by Gasteiger charge is -2.08. The summed E-state index contributed by atoms with van der Waals surface area (Å²) in [5.74, 6) is 9.86. The summed E-state index contributed by atoms with van der Waals surface area (Å²) in [6.07, 6.45) is 0. The highest BCUT2D eigenvalue weighted by molar-refractivity contribution is 5.51. The molecule has 0 heterocycles. The van der Waals surface area contributed by atoms with Crippen molar-refractivity contribution in [3.05, 3.63) is 198 Å². The molecule has 0 radical (unpaired) electrons. The zero-order valence-corrected chi connectivity index (χ0v) is 55.8. The molecule has 0 aliphatic rings. The molecular formula is C70H85NO24. The highest BCUT2D eigenvalue weighted by Gasteiger charge is 2.13. The summed E-state index contributed by atoms with van der Waals surface area (Å²) in [5.41, 5.74) is 0.828. The van der Waals surface area contributed by atoms with Gasteiger partial charge in [-0.3, -0.25) is 10.1 Å². The van der Waals surface area contributed by atoms with E-state index in [2.05, 4.69) is 0 Å². The average molecular weight is 1320 g/mol. The van der Waals surface area contributed by atoms with Crippen LogP contribution in [-0.4, -0.2) is 147 Å². The van der Waals surface area contributed by atoms with Crippen LogP contribution in [0.3, 0.4) is 0 Å². The molecule has 0 aromatic heterocycles. The van der Waals surface area contributed by atoms with Crippen molar-refractivity contribution in [1.29, 1.82) is 0 Å². The summed E-state index contributed by atoms with van der Waals surface area (Å²) < 4.78 is 74.1. The predicted octanol–water partition coefficient (Wildman–Crippen LogP) is 13.5. The van der Waals surface area contributed by atoms with Crippen LogP contribution in [0.2, 0.25) is 0 Å². The average Bonchev–Trinajstić information content (AvgIpc) is 1.51. The number of phenols is 7. The Hall–Kier alpha value is -12.0. The summed E-state index contributed by atoms with van der Waals surface area (Å²) in [6, 6.07) is 49.6. The maximum Gasteiger partial charge on any atom is 0.314 e. The Kier molecular flexibility index (Phi) is 39.3. The second kappa shape index (κ2) is 46.1. The fraction of sp³-hybridized carbons (Fsp3) is 0.229. The van der Waals surface area contributed by atoms with Crippen molar-refractivity contribution in [2.45, 2.75) is 6.92 Å². The molecule has 0 unspecified atom stereocenters. The molecule has 0 atom stereocenters. The Morgan fingerprint density at radius 2 is 0.547 bits per heavy atom. The number of benzene rings is 9. The van der Waals surface area contributed by atoms with Crippen LogP contribution in [-0.2, 0) is 0 Å². The van der Waals surface area contributed by atoms with Crippen molar-refractivity contribution < 1.29 is 112 Å². The number of hydrogen-bond donors (Lipinski definition) is 7. The van der Waals surface area contributed by atoms with E-state index >= 15 is 0 Å². The summed E-state index contributed by atoms with van der Waals surface area (Å²) in [5, 5.41) is 72.9. The Morgan fingerprint density at radius 1 is 0.253 bits per heavy atom. The van der Waals surface area contributed by atoms with Crippen molar-refractivity contribution in [1.82, 2.24) is 0 Å². The Balaban J connectivity index is 0.000000535. The zero-order chi connectivity index (χ0) is 71.3. The van der Waals surface area contributed by atoms with Crippen LogP contribution in [0.25, 0.3) is 0 Å². The van der Waals surface area contributed by atoms with Gasteiger partial charge in [-0.15, -0.1) is 0 Å². The SMILES string of the molecule is COc1cc(O)ccc1O.COc1ccc(O)c(OC)c1.COc1ccc(O)c([N+](=O)[O-])c1.COc1ccc(O)cc1.COc1ccc(O)cc1O.COc1ccc(OC)c(OC)c1.COc1ccc(OC)c(OC)c1.COc1ccc(OC)cc1.COc1ccccc1C. The maximum atomic E-state index is 10.3. The minimum atomic E-state index is -0.669. The zero-order valence-electron chi connectivity index (χ0n) is 55.8. The lowest BCUT2D eigenvalue weighted by atomic mass is 10.2. The van der Waals surface area contributed by atoms with Gasteiger partial charge >= 0.3 is 5.69 Å². The van der Waals surface area contributed by atoms with Gasteiger partial charge in [0.1, 0.15) is 63.2 Å². The molecule has 0 amide bonds. The second-order valence-corrected chi connectivity index (χ2v) is 17.9. The van der Waals surface area contributed by atoms with Gasteiger partial charge in [-0.25, -0.2) is 0 Å². The third-order valence-corrected chi connectivity index (χ3v) is 12.0. The van der Waals surface area contributed by atoms with Crippen LogP contribution in [0.4, 0.5) is 5.69 Å². The molecular weight excluding hydrogens is 1240 g/mol. The van der Waals surface area contributed by atoms with Crippen molar-refractivity contribution in [3.63, 3.8) is 0 Å². The molecule has 0 fully saturated rings. The van der Waals surface area contributed by atoms with Crippen LogP contribution in [0.15, 0.2) is 182 Å². The van der Waals surface area contributed by atoms with Crippen LogP contribution >= 0.6 is 0 Å². The van der Waals surface area contributed by atoms with Crippen LogP contribution < -0.4 is 71.1 Å². The van der Waals surface area contributed by atoms with Gasteiger partial charge in [0.15, 0.2) is 63.2 Å². The number of rotatable bonds is 16. The first-order valence-electron chi connectivity index (χ1n) is 27.7. The molecule has 25 heteroatoms. The van der Waals surface area contributed by atoms with E-state index in [1.165, 1.54) is 88.6 Å². The molecule has 0 aliphatic carbocycles. The molecule has 9 aromatic carbocycles. The predicted molar refractivity (Wildman–Crippen MR) is 359 cm³/mol. The normalized spacial score (nSPS) is 9.22. The number of nitrogens with zero attached hydrogens (tertiary/aromatic N) is 1. The third-order valence-electron chi connectivity index (χ3n) is 12.0. The van der Waals surface area contributed by atoms with Gasteiger partial charge in [0.05, 0.1) is 118 Å². The monoisotopic (exact) mass is 1320 g/mol. The van der Waals surface area contributed by atoms with E-state index in [1.54, 1.807) is 139 Å². The number of methoxy groups -OCH3 is 15. The van der Waals surface area contributed by atoms with Crippen molar-refractivity contribution in [2.24, 2.45) is 0 Å². The molecule has 0 spiro atoms. The number of nitro groups is 1. The molecule has 0 saturated heterocycles. The van der Waals surface area contributed by atoms with Gasteiger partial charge in [0.25, 0.3) is 0 Å². The number of aryl methyl sites for hydroxylation is 1. The Morgan fingerprint density at radius 3 is 0.905 bits per heavy atom. The van der Waals surface area contributed by atoms with Gasteiger partial charge in [-0.2, -0.15) is 0 Å². The third kappa shape index (κ3) is 30.6. The molecule has 7 N–H and O–H groups in total. The van der Waals surface area contributed by atoms with Gasteiger partial charge in [-0.1, -0.05) is 18.2 Å². The van der Waals surface area contributed by atoms with E-state index in [4.69, 9.17) is 107 Å². The van der Waals surface area contributed by atoms with Gasteiger partial charge in [0.2, 0.25) is 0 Å². The van der Waals surface area contributed by atoms with Crippen molar-refractivity contribution >= 4 is 5.69 Å². The van der Waals surface area contributed by atoms with E-state index in [9.17, 15) is 10.1 Å². The number of ether oxygens (including phenoxy) is 15. The summed E-state index contributed by atoms with van der Waals surface area (Å²) in [4.78, 5) is 9.61. The lowest BCUT2D eigenvalue weighted by Crippen LogP contribution is -1.91. The largest absolute Gasteiger partial charge is 0.508 e. The highest BCUT2D eigenvalue weighted by Crippen LogP contribution is 2.34. The lowest BCUT2D eigenvalue weighted by molar-refractivity contribution is -0.385. The highest BCUT2D eigenvalue weighted by atomic mass is 16.6. The van der Waals surface area contributed by atoms with Gasteiger partial charge in [-0.05, 0) is 140 Å². The number of hydrogen-bond acceptors (Lipinski definition) is 24. The summed E-state index contributed by atoms with van der Waals surface area (Å²) in [7, 11) is 23.5. The molecule has 0 bridgehead atoms. The molecule has 9 aromatic rings. The van der Waals surface area contributed by atoms with Crippen LogP contribution in [0.5, 0.6) is 126 Å². The van der Waals surface area contributed by atoms with E-state index < -0.39 is 4.92 Å². The second-order valence-electron chi connectivity index (χ2n) is 17.9. The summed E-state index contributed by atoms with van der Waals surface area (Å²) >= 11 is 0. The first-order valence-corrected chi connectivity index (χ1v) is 27.7. The molecule has 0 saturated carbocycles. The fourth-order valence-corrected chi connectivity index (χ4v) is 6.87. The minimum absolute atomic E-state index is 0.0262. The fourth-order valence-electron chi connectivity index (χ4n) is 6.87. The van der Waals surface area contributed by atoms with Crippen LogP contribution in [0.1, 0.15) is 5.56 Å². The smallest absolute Gasteiger partial charge is 0.314 e. The van der Waals surface area contributed by atoms with Gasteiger partial charge in [0, 0.05) is 30.3 Å². The maximum absolute atomic E-state index is 10.3. The standard InChI is InChI=1S/2C9H12O3.C8H10O3.C8H10O2.C8H10O.C7H7NO4.2C7H8O3.C7H8O2/c2*1-10-7-4-5-8(11-2)9(6-7)12-3;1-10-6-3-4-7(9)8(5-6)11-2;1-9-7-3-5-8(10-2)6-4-7;1-7-5-3-4-6-8(7)9-2;1-12-5-2-3-7(9)6(4-5)8(10)11;1-10-7-3-2-5(8)4-6(7)9;1-10-7-4-5(8)2-3-6(7)9;1-9-7-4-2-6(8)3-5-7/h2*4-6H,1-3H3;3-5,9H,1-2H3;3-6H,1-2H3;3-6H,1-2H3;2-4,9H,1H3;2*2-4,8-9H,1H3;2-5,8H,1H3. The molecule has 25 nitrogen and oxygen atoms in total. The molecule has 95 heavy (non-hydrogen) atoms. The molecule has 9 rings (SSSR count). The molecule has 0 aliphatic heterocycles. The Labute approximate surface area is 553 Å². The first kappa shape index (κ1) is 81.0. The quantitative estimate of drug-likeness (QED) is 0.0268. The van der Waals surface area contributed by atoms with Gasteiger partial charge < -0.3 is 107 Å². The van der Waals surface area contributed by atoms with Crippen molar-refractivity contribution in [2.75, 3.05) is 107 Å². The topological polar surface area (TPSA) is 323 Å². The number of aromatic hydroxyl groups is 7. The minimum Gasteiger partial charge on any atom is -0.508 e. The van der Waals surface area contributed by atoms with E-state index in [0.29, 0.717) is 46.0 Å². The molecule has 514 valence electrons. The first-order chi connectivity index (χ1) is 45.6. The van der Waals surface area contributed by atoms with E-state index in [-0.39, 0.29) is 51.7 Å². The van der Waals surface area contributed by atoms with Crippen molar-refractivity contribution in [3.8, 4) is 126 Å². The van der Waals surface area contributed by atoms with E-state index in [1.807, 2.05) is 67.6 Å². The number of nitro benzene ring substituents is 1. The number of phenolic OH excluding ortho intramolecular Hbond substituents is 7.